The number of likely N-dealkylation sites (tertiary alicyclic amines) is 1. The van der Waals surface area contributed by atoms with Crippen LogP contribution in [0.5, 0.6) is 0 Å². The van der Waals surface area contributed by atoms with Crippen LogP contribution in [0.1, 0.15) is 39.4 Å². The summed E-state index contributed by atoms with van der Waals surface area (Å²) in [6.45, 7) is 0.482. The highest BCUT2D eigenvalue weighted by Gasteiger charge is 2.33. The van der Waals surface area contributed by atoms with Crippen LogP contribution in [-0.2, 0) is 11.8 Å². The molecular formula is C21H21N5O4S. The average molecular weight is 439 g/mol. The van der Waals surface area contributed by atoms with E-state index in [-0.39, 0.29) is 17.2 Å². The van der Waals surface area contributed by atoms with Crippen molar-refractivity contribution in [1.82, 2.24) is 25.5 Å². The van der Waals surface area contributed by atoms with Crippen molar-refractivity contribution in [3.05, 3.63) is 62.7 Å². The Morgan fingerprint density at radius 2 is 1.84 bits per heavy atom. The van der Waals surface area contributed by atoms with Gasteiger partial charge in [0, 0.05) is 19.0 Å². The number of aromatic nitrogens is 2. The Bertz CT molecular complexity index is 1200. The number of hydrogen-bond acceptors (Lipinski definition) is 6. The molecule has 0 bridgehead atoms. The zero-order valence-electron chi connectivity index (χ0n) is 16.8. The van der Waals surface area contributed by atoms with Gasteiger partial charge in [-0.2, -0.15) is 5.10 Å². The second kappa shape index (κ2) is 8.68. The summed E-state index contributed by atoms with van der Waals surface area (Å²) in [6.07, 6.45) is 2.15. The first kappa shape index (κ1) is 20.7. The third-order valence-electron chi connectivity index (χ3n) is 5.27. The van der Waals surface area contributed by atoms with Gasteiger partial charge in [-0.1, -0.05) is 24.3 Å². The van der Waals surface area contributed by atoms with E-state index < -0.39 is 17.9 Å². The summed E-state index contributed by atoms with van der Waals surface area (Å²) in [5.74, 6) is -1.30. The van der Waals surface area contributed by atoms with Gasteiger partial charge < -0.3 is 4.90 Å². The Morgan fingerprint density at radius 1 is 1.06 bits per heavy atom. The van der Waals surface area contributed by atoms with Gasteiger partial charge in [0.25, 0.3) is 23.3 Å². The third-order valence-corrected chi connectivity index (χ3v) is 6.13. The standard InChI is InChI=1S/C21H21N5O4S/c1-25-20(29)14-8-3-2-7-13(14)17(24-25)19(28)23-22-18(27)15-9-4-5-11-26(15)21(30)16-10-6-12-31-16/h2-3,6-8,10,12,15H,4-5,9,11H2,1H3,(H,22,27)(H,23,28). The highest BCUT2D eigenvalue weighted by molar-refractivity contribution is 7.12. The van der Waals surface area contributed by atoms with Crippen molar-refractivity contribution >= 4 is 39.8 Å². The quantitative estimate of drug-likeness (QED) is 0.600. The van der Waals surface area contributed by atoms with Crippen LogP contribution in [0.2, 0.25) is 0 Å². The van der Waals surface area contributed by atoms with Crippen LogP contribution in [0.4, 0.5) is 0 Å². The number of aryl methyl sites for hydroxylation is 1. The molecule has 1 unspecified atom stereocenters. The first-order valence-corrected chi connectivity index (χ1v) is 10.8. The summed E-state index contributed by atoms with van der Waals surface area (Å²) in [6, 6.07) is 9.50. The lowest BCUT2D eigenvalue weighted by atomic mass is 10.0. The molecular weight excluding hydrogens is 418 g/mol. The number of carbonyl (C=O) groups excluding carboxylic acids is 3. The van der Waals surface area contributed by atoms with Crippen LogP contribution < -0.4 is 16.4 Å². The number of benzene rings is 1. The SMILES string of the molecule is Cn1nc(C(=O)NNC(=O)C2CCCCN2C(=O)c2cccs2)c2ccccc2c1=O. The van der Waals surface area contributed by atoms with Crippen LogP contribution in [0, 0.1) is 0 Å². The number of fused-ring (bicyclic) bond motifs is 1. The van der Waals surface area contributed by atoms with Crippen LogP contribution >= 0.6 is 11.3 Å². The fraction of sp³-hybridized carbons (Fsp3) is 0.286. The van der Waals surface area contributed by atoms with E-state index in [0.717, 1.165) is 17.5 Å². The molecule has 3 aromatic rings. The fourth-order valence-electron chi connectivity index (χ4n) is 3.72. The number of rotatable bonds is 3. The molecule has 160 valence electrons. The number of amides is 3. The Labute approximate surface area is 181 Å². The molecule has 1 fully saturated rings. The van der Waals surface area contributed by atoms with Crippen LogP contribution in [0.25, 0.3) is 10.8 Å². The van der Waals surface area contributed by atoms with E-state index in [0.29, 0.717) is 28.6 Å². The molecule has 0 saturated carbocycles. The zero-order chi connectivity index (χ0) is 22.0. The maximum atomic E-state index is 12.8. The smallest absolute Gasteiger partial charge is 0.290 e. The lowest BCUT2D eigenvalue weighted by molar-refractivity contribution is -0.127. The molecule has 1 aliphatic heterocycles. The van der Waals surface area contributed by atoms with E-state index in [1.54, 1.807) is 41.3 Å². The molecule has 3 amide bonds. The van der Waals surface area contributed by atoms with Crippen molar-refractivity contribution in [2.24, 2.45) is 7.05 Å². The van der Waals surface area contributed by atoms with Gasteiger partial charge in [0.2, 0.25) is 0 Å². The van der Waals surface area contributed by atoms with E-state index >= 15 is 0 Å². The van der Waals surface area contributed by atoms with Crippen molar-refractivity contribution in [2.45, 2.75) is 25.3 Å². The normalized spacial score (nSPS) is 16.2. The predicted molar refractivity (Wildman–Crippen MR) is 116 cm³/mol. The maximum Gasteiger partial charge on any atom is 0.290 e. The van der Waals surface area contributed by atoms with Gasteiger partial charge in [-0.3, -0.25) is 30.0 Å². The van der Waals surface area contributed by atoms with Gasteiger partial charge in [0.05, 0.1) is 10.3 Å². The van der Waals surface area contributed by atoms with Crippen molar-refractivity contribution in [3.8, 4) is 0 Å². The first-order chi connectivity index (χ1) is 15.0. The number of carbonyl (C=O) groups is 3. The largest absolute Gasteiger partial charge is 0.326 e. The van der Waals surface area contributed by atoms with Crippen LogP contribution in [0.3, 0.4) is 0 Å². The number of nitrogens with zero attached hydrogens (tertiary/aromatic N) is 3. The number of hydrazine groups is 1. The summed E-state index contributed by atoms with van der Waals surface area (Å²) in [4.78, 5) is 52.7. The highest BCUT2D eigenvalue weighted by atomic mass is 32.1. The number of hydrogen-bond donors (Lipinski definition) is 2. The van der Waals surface area contributed by atoms with E-state index in [9.17, 15) is 19.2 Å². The van der Waals surface area contributed by atoms with Crippen molar-refractivity contribution in [2.75, 3.05) is 6.54 Å². The van der Waals surface area contributed by atoms with Gasteiger partial charge in [0.15, 0.2) is 5.69 Å². The monoisotopic (exact) mass is 439 g/mol. The molecule has 3 heterocycles. The highest BCUT2D eigenvalue weighted by Crippen LogP contribution is 2.22. The number of thiophene rings is 1. The second-order valence-corrected chi connectivity index (χ2v) is 8.20. The molecule has 10 heteroatoms. The summed E-state index contributed by atoms with van der Waals surface area (Å²) < 4.78 is 1.08. The van der Waals surface area contributed by atoms with Crippen LogP contribution in [0.15, 0.2) is 46.6 Å². The molecule has 1 aliphatic rings. The minimum absolute atomic E-state index is 0.0214. The molecule has 31 heavy (non-hydrogen) atoms. The van der Waals surface area contributed by atoms with Gasteiger partial charge in [-0.25, -0.2) is 4.68 Å². The summed E-state index contributed by atoms with van der Waals surface area (Å²) in [7, 11) is 1.46. The minimum Gasteiger partial charge on any atom is -0.326 e. The first-order valence-electron chi connectivity index (χ1n) is 9.88. The summed E-state index contributed by atoms with van der Waals surface area (Å²) in [5, 5.41) is 6.61. The Balaban J connectivity index is 1.50. The lowest BCUT2D eigenvalue weighted by Gasteiger charge is -2.34. The van der Waals surface area contributed by atoms with Crippen molar-refractivity contribution < 1.29 is 14.4 Å². The molecule has 0 aliphatic carbocycles. The number of nitrogens with one attached hydrogen (secondary N) is 2. The van der Waals surface area contributed by atoms with E-state index in [4.69, 9.17) is 0 Å². The van der Waals surface area contributed by atoms with Crippen molar-refractivity contribution in [3.63, 3.8) is 0 Å². The van der Waals surface area contributed by atoms with E-state index in [1.165, 1.54) is 18.4 Å². The molecule has 4 rings (SSSR count). The Kier molecular flexibility index (Phi) is 5.81. The van der Waals surface area contributed by atoms with Gasteiger partial charge in [-0.15, -0.1) is 11.3 Å². The van der Waals surface area contributed by atoms with Gasteiger partial charge in [0.1, 0.15) is 6.04 Å². The maximum absolute atomic E-state index is 12.8. The van der Waals surface area contributed by atoms with E-state index in [1.807, 2.05) is 5.38 Å². The fourth-order valence-corrected chi connectivity index (χ4v) is 4.40. The predicted octanol–water partition coefficient (Wildman–Crippen LogP) is 1.45. The third kappa shape index (κ3) is 4.06. The number of piperidine rings is 1. The summed E-state index contributed by atoms with van der Waals surface area (Å²) >= 11 is 1.33. The Morgan fingerprint density at radius 3 is 2.58 bits per heavy atom. The second-order valence-electron chi connectivity index (χ2n) is 7.25. The average Bonchev–Trinajstić information content (AvgIpc) is 3.34. The summed E-state index contributed by atoms with van der Waals surface area (Å²) in [5.41, 5.74) is 4.50. The minimum atomic E-state index is -0.673. The Hall–Kier alpha value is -3.53. The molecule has 1 atom stereocenters. The van der Waals surface area contributed by atoms with Gasteiger partial charge in [-0.05, 0) is 36.8 Å². The molecule has 2 N–H and O–H groups in total. The topological polar surface area (TPSA) is 113 Å². The van der Waals surface area contributed by atoms with E-state index in [2.05, 4.69) is 16.0 Å². The lowest BCUT2D eigenvalue weighted by Crippen LogP contribution is -2.55. The van der Waals surface area contributed by atoms with Crippen LogP contribution in [-0.4, -0.2) is 45.0 Å². The molecule has 9 nitrogen and oxygen atoms in total. The van der Waals surface area contributed by atoms with Crippen molar-refractivity contribution in [1.29, 1.82) is 0 Å². The molecule has 0 spiro atoms. The zero-order valence-corrected chi connectivity index (χ0v) is 17.6. The molecule has 1 saturated heterocycles. The van der Waals surface area contributed by atoms with Gasteiger partial charge >= 0.3 is 0 Å². The molecule has 0 radical (unpaired) electrons. The molecule has 2 aromatic heterocycles. The molecule has 1 aromatic carbocycles.